The van der Waals surface area contributed by atoms with Crippen molar-refractivity contribution >= 4 is 5.91 Å². The third-order valence-corrected chi connectivity index (χ3v) is 3.79. The maximum atomic E-state index is 12.4. The normalized spacial score (nSPS) is 16.2. The van der Waals surface area contributed by atoms with Crippen LogP contribution in [0.2, 0.25) is 0 Å². The van der Waals surface area contributed by atoms with Crippen molar-refractivity contribution in [3.05, 3.63) is 35.4 Å². The highest BCUT2D eigenvalue weighted by atomic mass is 16.2. The number of rotatable bonds is 1. The molecule has 1 heterocycles. The molecule has 118 valence electrons. The summed E-state index contributed by atoms with van der Waals surface area (Å²) in [6, 6.07) is 8.06. The summed E-state index contributed by atoms with van der Waals surface area (Å²) in [5, 5.41) is 0. The lowest BCUT2D eigenvalue weighted by Gasteiger charge is -2.32. The van der Waals surface area contributed by atoms with Gasteiger partial charge in [0.25, 0.3) is 5.91 Å². The third-order valence-electron chi connectivity index (χ3n) is 3.79. The number of carbonyl (C=O) groups is 1. The van der Waals surface area contributed by atoms with E-state index >= 15 is 0 Å². The number of likely N-dealkylation sites (N-methyl/N-ethyl adjacent to an activating group) is 1. The van der Waals surface area contributed by atoms with Crippen LogP contribution in [0.15, 0.2) is 24.3 Å². The molecule has 1 amide bonds. The standard InChI is InChI=1S/C16H24N2O.C2H6/c1-16(2,3)14-7-5-13(6-8-14)15(19)18-11-9-17(4)10-12-18;1-2/h5-8H,9-12H2,1-4H3;1-2H3. The van der Waals surface area contributed by atoms with Crippen molar-refractivity contribution in [2.75, 3.05) is 33.2 Å². The number of hydrogen-bond donors (Lipinski definition) is 0. The van der Waals surface area contributed by atoms with Crippen LogP contribution in [0.1, 0.15) is 50.5 Å². The lowest BCUT2D eigenvalue weighted by Crippen LogP contribution is -2.47. The quantitative estimate of drug-likeness (QED) is 0.791. The van der Waals surface area contributed by atoms with Gasteiger partial charge >= 0.3 is 0 Å². The lowest BCUT2D eigenvalue weighted by molar-refractivity contribution is 0.0664. The van der Waals surface area contributed by atoms with Crippen LogP contribution in [0.3, 0.4) is 0 Å². The molecule has 1 saturated heterocycles. The Balaban J connectivity index is 0.00000106. The van der Waals surface area contributed by atoms with Crippen molar-refractivity contribution in [3.63, 3.8) is 0 Å². The molecule has 21 heavy (non-hydrogen) atoms. The second-order valence-corrected chi connectivity index (χ2v) is 6.42. The molecule has 0 saturated carbocycles. The van der Waals surface area contributed by atoms with E-state index < -0.39 is 0 Å². The highest BCUT2D eigenvalue weighted by Crippen LogP contribution is 2.22. The van der Waals surface area contributed by atoms with Gasteiger partial charge in [0.1, 0.15) is 0 Å². The second-order valence-electron chi connectivity index (χ2n) is 6.42. The Morgan fingerprint density at radius 3 is 1.86 bits per heavy atom. The van der Waals surface area contributed by atoms with Gasteiger partial charge in [0, 0.05) is 31.7 Å². The zero-order valence-electron chi connectivity index (χ0n) is 14.4. The predicted molar refractivity (Wildman–Crippen MR) is 89.9 cm³/mol. The Bertz CT molecular complexity index is 437. The summed E-state index contributed by atoms with van der Waals surface area (Å²) in [5.41, 5.74) is 2.20. The SMILES string of the molecule is CC.CN1CCN(C(=O)c2ccc(C(C)(C)C)cc2)CC1. The molecule has 0 N–H and O–H groups in total. The van der Waals surface area contributed by atoms with Crippen LogP contribution in [0.25, 0.3) is 0 Å². The van der Waals surface area contributed by atoms with E-state index in [0.717, 1.165) is 31.7 Å². The van der Waals surface area contributed by atoms with Gasteiger partial charge in [0.2, 0.25) is 0 Å². The first-order chi connectivity index (χ1) is 9.88. The number of amides is 1. The molecule has 0 bridgehead atoms. The van der Waals surface area contributed by atoms with Gasteiger partial charge in [-0.2, -0.15) is 0 Å². The Morgan fingerprint density at radius 1 is 0.952 bits per heavy atom. The molecule has 3 heteroatoms. The highest BCUT2D eigenvalue weighted by molar-refractivity contribution is 5.94. The van der Waals surface area contributed by atoms with Crippen molar-refractivity contribution in [1.29, 1.82) is 0 Å². The van der Waals surface area contributed by atoms with E-state index in [1.165, 1.54) is 5.56 Å². The van der Waals surface area contributed by atoms with Gasteiger partial charge in [-0.05, 0) is 30.2 Å². The molecular formula is C18H30N2O. The number of carbonyl (C=O) groups excluding carboxylic acids is 1. The zero-order chi connectivity index (χ0) is 16.0. The molecule has 1 aromatic rings. The predicted octanol–water partition coefficient (Wildman–Crippen LogP) is 3.40. The Hall–Kier alpha value is -1.35. The lowest BCUT2D eigenvalue weighted by atomic mass is 9.86. The summed E-state index contributed by atoms with van der Waals surface area (Å²) < 4.78 is 0. The van der Waals surface area contributed by atoms with Crippen molar-refractivity contribution in [1.82, 2.24) is 9.80 Å². The summed E-state index contributed by atoms with van der Waals surface area (Å²) in [4.78, 5) is 16.6. The number of piperazine rings is 1. The average Bonchev–Trinajstić information content (AvgIpc) is 2.49. The summed E-state index contributed by atoms with van der Waals surface area (Å²) in [5.74, 6) is 0.161. The van der Waals surface area contributed by atoms with E-state index in [2.05, 4.69) is 44.9 Å². The van der Waals surface area contributed by atoms with E-state index in [0.29, 0.717) is 0 Å². The minimum Gasteiger partial charge on any atom is -0.336 e. The molecular weight excluding hydrogens is 260 g/mol. The minimum atomic E-state index is 0.134. The monoisotopic (exact) mass is 290 g/mol. The third kappa shape index (κ3) is 4.85. The second kappa shape index (κ2) is 7.60. The molecule has 0 spiro atoms. The van der Waals surface area contributed by atoms with Crippen LogP contribution >= 0.6 is 0 Å². The number of hydrogen-bond acceptors (Lipinski definition) is 2. The van der Waals surface area contributed by atoms with Crippen LogP contribution in [0, 0.1) is 0 Å². The maximum Gasteiger partial charge on any atom is 0.253 e. The fraction of sp³-hybridized carbons (Fsp3) is 0.611. The molecule has 1 aromatic carbocycles. The van der Waals surface area contributed by atoms with Crippen LogP contribution in [0.4, 0.5) is 0 Å². The van der Waals surface area contributed by atoms with Gasteiger partial charge in [-0.15, -0.1) is 0 Å². The molecule has 0 unspecified atom stereocenters. The fourth-order valence-electron chi connectivity index (χ4n) is 2.30. The molecule has 0 aromatic heterocycles. The minimum absolute atomic E-state index is 0.134. The molecule has 3 nitrogen and oxygen atoms in total. The average molecular weight is 290 g/mol. The Morgan fingerprint density at radius 2 is 1.43 bits per heavy atom. The van der Waals surface area contributed by atoms with Gasteiger partial charge in [0.15, 0.2) is 0 Å². The molecule has 1 aliphatic heterocycles. The van der Waals surface area contributed by atoms with E-state index in [4.69, 9.17) is 0 Å². The van der Waals surface area contributed by atoms with Crippen molar-refractivity contribution in [3.8, 4) is 0 Å². The smallest absolute Gasteiger partial charge is 0.253 e. The van der Waals surface area contributed by atoms with Crippen LogP contribution in [-0.2, 0) is 5.41 Å². The Kier molecular flexibility index (Phi) is 6.41. The molecule has 0 radical (unpaired) electrons. The van der Waals surface area contributed by atoms with Gasteiger partial charge < -0.3 is 9.80 Å². The highest BCUT2D eigenvalue weighted by Gasteiger charge is 2.21. The first-order valence-electron chi connectivity index (χ1n) is 7.96. The maximum absolute atomic E-state index is 12.4. The van der Waals surface area contributed by atoms with E-state index in [1.54, 1.807) is 0 Å². The topological polar surface area (TPSA) is 23.6 Å². The number of nitrogens with zero attached hydrogens (tertiary/aromatic N) is 2. The van der Waals surface area contributed by atoms with Crippen molar-refractivity contribution in [2.24, 2.45) is 0 Å². The molecule has 1 fully saturated rings. The summed E-state index contributed by atoms with van der Waals surface area (Å²) in [6.07, 6.45) is 0. The molecule has 1 aliphatic rings. The largest absolute Gasteiger partial charge is 0.336 e. The summed E-state index contributed by atoms with van der Waals surface area (Å²) in [6.45, 7) is 14.1. The Labute approximate surface area is 129 Å². The molecule has 2 rings (SSSR count). The van der Waals surface area contributed by atoms with Crippen LogP contribution < -0.4 is 0 Å². The first-order valence-corrected chi connectivity index (χ1v) is 7.96. The zero-order valence-corrected chi connectivity index (χ0v) is 14.4. The fourth-order valence-corrected chi connectivity index (χ4v) is 2.30. The summed E-state index contributed by atoms with van der Waals surface area (Å²) >= 11 is 0. The van der Waals surface area contributed by atoms with E-state index in [1.807, 2.05) is 30.9 Å². The molecule has 0 atom stereocenters. The molecule has 0 aliphatic carbocycles. The van der Waals surface area contributed by atoms with Gasteiger partial charge in [-0.25, -0.2) is 0 Å². The van der Waals surface area contributed by atoms with Crippen LogP contribution in [0.5, 0.6) is 0 Å². The van der Waals surface area contributed by atoms with Gasteiger partial charge in [-0.3, -0.25) is 4.79 Å². The first kappa shape index (κ1) is 17.7. The van der Waals surface area contributed by atoms with E-state index in [9.17, 15) is 4.79 Å². The summed E-state index contributed by atoms with van der Waals surface area (Å²) in [7, 11) is 2.10. The van der Waals surface area contributed by atoms with Crippen molar-refractivity contribution in [2.45, 2.75) is 40.0 Å². The number of benzene rings is 1. The van der Waals surface area contributed by atoms with Gasteiger partial charge in [-0.1, -0.05) is 46.8 Å². The van der Waals surface area contributed by atoms with E-state index in [-0.39, 0.29) is 11.3 Å². The van der Waals surface area contributed by atoms with Gasteiger partial charge in [0.05, 0.1) is 0 Å². The van der Waals surface area contributed by atoms with Crippen molar-refractivity contribution < 1.29 is 4.79 Å². The van der Waals surface area contributed by atoms with Crippen LogP contribution in [-0.4, -0.2) is 48.9 Å².